The van der Waals surface area contributed by atoms with Gasteiger partial charge in [0, 0.05) is 11.4 Å². The number of anilines is 1. The normalized spacial score (nSPS) is 13.3. The molecule has 0 aliphatic heterocycles. The summed E-state index contributed by atoms with van der Waals surface area (Å²) in [6, 6.07) is 8.83. The molecule has 120 valence electrons. The molecular weight excluding hydrogens is 292 g/mol. The Kier molecular flexibility index (Phi) is 4.46. The van der Waals surface area contributed by atoms with Crippen molar-refractivity contribution < 1.29 is 9.53 Å². The number of hydrogen-bond acceptors (Lipinski definition) is 3. The van der Waals surface area contributed by atoms with Gasteiger partial charge in [0.1, 0.15) is 11.3 Å². The van der Waals surface area contributed by atoms with Gasteiger partial charge in [-0.2, -0.15) is 0 Å². The Morgan fingerprint density at radius 3 is 2.70 bits per heavy atom. The average Bonchev–Trinajstić information content (AvgIpc) is 2.56. The number of aromatic amines is 1. The van der Waals surface area contributed by atoms with Crippen molar-refractivity contribution in [2.24, 2.45) is 0 Å². The Labute approximate surface area is 134 Å². The van der Waals surface area contributed by atoms with Crippen LogP contribution in [0.25, 0.3) is 0 Å². The molecule has 0 unspecified atom stereocenters. The SMILES string of the molecule is CCOc1ccc(NC(=O)c2cc3c([nH]c2=O)CCCC3)cc1. The lowest BCUT2D eigenvalue weighted by Crippen LogP contribution is -2.26. The van der Waals surface area contributed by atoms with E-state index in [4.69, 9.17) is 4.74 Å². The minimum atomic E-state index is -0.385. The molecule has 1 amide bonds. The van der Waals surface area contributed by atoms with Crippen molar-refractivity contribution in [2.75, 3.05) is 11.9 Å². The number of pyridine rings is 1. The fraction of sp³-hybridized carbons (Fsp3) is 0.333. The van der Waals surface area contributed by atoms with E-state index in [1.54, 1.807) is 30.3 Å². The molecule has 0 saturated heterocycles. The minimum Gasteiger partial charge on any atom is -0.494 e. The maximum absolute atomic E-state index is 12.4. The van der Waals surface area contributed by atoms with Crippen LogP contribution >= 0.6 is 0 Å². The molecule has 1 heterocycles. The predicted octanol–water partition coefficient (Wildman–Crippen LogP) is 2.90. The lowest BCUT2D eigenvalue weighted by atomic mass is 9.95. The molecule has 3 rings (SSSR count). The number of amides is 1. The molecule has 2 N–H and O–H groups in total. The third-order valence-corrected chi connectivity index (χ3v) is 4.01. The monoisotopic (exact) mass is 312 g/mol. The van der Waals surface area contributed by atoms with Crippen LogP contribution < -0.4 is 15.6 Å². The molecule has 0 fully saturated rings. The van der Waals surface area contributed by atoms with E-state index in [2.05, 4.69) is 10.3 Å². The van der Waals surface area contributed by atoms with Crippen molar-refractivity contribution in [1.29, 1.82) is 0 Å². The number of fused-ring (bicyclic) bond motifs is 1. The number of hydrogen-bond donors (Lipinski definition) is 2. The average molecular weight is 312 g/mol. The van der Waals surface area contributed by atoms with Gasteiger partial charge in [0.15, 0.2) is 0 Å². The lowest BCUT2D eigenvalue weighted by Gasteiger charge is -2.16. The van der Waals surface area contributed by atoms with Gasteiger partial charge in [-0.25, -0.2) is 0 Å². The largest absolute Gasteiger partial charge is 0.494 e. The summed E-state index contributed by atoms with van der Waals surface area (Å²) in [6.45, 7) is 2.51. The topological polar surface area (TPSA) is 71.2 Å². The summed E-state index contributed by atoms with van der Waals surface area (Å²) < 4.78 is 5.36. The van der Waals surface area contributed by atoms with Crippen LogP contribution in [0.5, 0.6) is 5.75 Å². The second kappa shape index (κ2) is 6.69. The first-order valence-electron chi connectivity index (χ1n) is 7.96. The second-order valence-electron chi connectivity index (χ2n) is 5.63. The highest BCUT2D eigenvalue weighted by atomic mass is 16.5. The highest BCUT2D eigenvalue weighted by Crippen LogP contribution is 2.20. The lowest BCUT2D eigenvalue weighted by molar-refractivity contribution is 0.102. The zero-order valence-corrected chi connectivity index (χ0v) is 13.1. The van der Waals surface area contributed by atoms with Crippen LogP contribution in [-0.4, -0.2) is 17.5 Å². The first-order valence-corrected chi connectivity index (χ1v) is 7.96. The van der Waals surface area contributed by atoms with Gasteiger partial charge >= 0.3 is 0 Å². The van der Waals surface area contributed by atoms with Crippen molar-refractivity contribution in [3.8, 4) is 5.75 Å². The van der Waals surface area contributed by atoms with Crippen LogP contribution in [0.4, 0.5) is 5.69 Å². The number of H-pyrrole nitrogens is 1. The maximum Gasteiger partial charge on any atom is 0.261 e. The van der Waals surface area contributed by atoms with Crippen molar-refractivity contribution in [2.45, 2.75) is 32.6 Å². The molecule has 5 heteroatoms. The first kappa shape index (κ1) is 15.3. The molecular formula is C18H20N2O3. The van der Waals surface area contributed by atoms with Gasteiger partial charge in [-0.05, 0) is 68.5 Å². The van der Waals surface area contributed by atoms with E-state index < -0.39 is 0 Å². The summed E-state index contributed by atoms with van der Waals surface area (Å²) in [5.74, 6) is 0.362. The third kappa shape index (κ3) is 3.44. The molecule has 2 aromatic rings. The van der Waals surface area contributed by atoms with E-state index >= 15 is 0 Å². The number of ether oxygens (including phenoxy) is 1. The van der Waals surface area contributed by atoms with Crippen LogP contribution in [0.15, 0.2) is 35.1 Å². The van der Waals surface area contributed by atoms with Crippen LogP contribution in [-0.2, 0) is 12.8 Å². The van der Waals surface area contributed by atoms with Crippen LogP contribution in [0.3, 0.4) is 0 Å². The van der Waals surface area contributed by atoms with Gasteiger partial charge < -0.3 is 15.0 Å². The number of carbonyl (C=O) groups is 1. The molecule has 0 radical (unpaired) electrons. The zero-order valence-electron chi connectivity index (χ0n) is 13.1. The van der Waals surface area contributed by atoms with Gasteiger partial charge in [-0.3, -0.25) is 9.59 Å². The molecule has 23 heavy (non-hydrogen) atoms. The van der Waals surface area contributed by atoms with Crippen molar-refractivity contribution >= 4 is 11.6 Å². The van der Waals surface area contributed by atoms with Crippen LogP contribution in [0, 0.1) is 0 Å². The van der Waals surface area contributed by atoms with Crippen molar-refractivity contribution in [1.82, 2.24) is 4.98 Å². The number of nitrogens with one attached hydrogen (secondary N) is 2. The maximum atomic E-state index is 12.4. The van der Waals surface area contributed by atoms with Gasteiger partial charge in [0.05, 0.1) is 6.61 Å². The summed E-state index contributed by atoms with van der Waals surface area (Å²) in [4.78, 5) is 27.3. The molecule has 1 aliphatic rings. The van der Waals surface area contributed by atoms with Gasteiger partial charge in [0.25, 0.3) is 11.5 Å². The van der Waals surface area contributed by atoms with E-state index in [9.17, 15) is 9.59 Å². The summed E-state index contributed by atoms with van der Waals surface area (Å²) in [7, 11) is 0. The Bertz CT molecular complexity index is 763. The third-order valence-electron chi connectivity index (χ3n) is 4.01. The molecule has 0 spiro atoms. The van der Waals surface area contributed by atoms with E-state index in [1.165, 1.54) is 0 Å². The van der Waals surface area contributed by atoms with E-state index in [-0.39, 0.29) is 17.0 Å². The number of aryl methyl sites for hydroxylation is 2. The Morgan fingerprint density at radius 1 is 1.22 bits per heavy atom. The van der Waals surface area contributed by atoms with Crippen LogP contribution in [0.2, 0.25) is 0 Å². The number of aromatic nitrogens is 1. The highest BCUT2D eigenvalue weighted by molar-refractivity contribution is 6.04. The fourth-order valence-electron chi connectivity index (χ4n) is 2.84. The van der Waals surface area contributed by atoms with Gasteiger partial charge in [0.2, 0.25) is 0 Å². The van der Waals surface area contributed by atoms with Crippen molar-refractivity contribution in [3.63, 3.8) is 0 Å². The minimum absolute atomic E-state index is 0.166. The molecule has 0 bridgehead atoms. The first-order chi connectivity index (χ1) is 11.2. The zero-order chi connectivity index (χ0) is 16.2. The second-order valence-corrected chi connectivity index (χ2v) is 5.63. The Morgan fingerprint density at radius 2 is 1.96 bits per heavy atom. The van der Waals surface area contributed by atoms with E-state index in [1.807, 2.05) is 6.92 Å². The smallest absolute Gasteiger partial charge is 0.261 e. The summed E-state index contributed by atoms with van der Waals surface area (Å²) >= 11 is 0. The standard InChI is InChI=1S/C18H20N2O3/c1-2-23-14-9-7-13(8-10-14)19-17(21)15-11-12-5-3-4-6-16(12)20-18(15)22/h7-11H,2-6H2,1H3,(H,19,21)(H,20,22). The molecule has 1 aliphatic carbocycles. The summed E-state index contributed by atoms with van der Waals surface area (Å²) in [5, 5.41) is 2.76. The van der Waals surface area contributed by atoms with E-state index in [0.717, 1.165) is 42.7 Å². The van der Waals surface area contributed by atoms with Gasteiger partial charge in [-0.1, -0.05) is 0 Å². The summed E-state index contributed by atoms with van der Waals surface area (Å²) in [6.07, 6.45) is 3.97. The number of benzene rings is 1. The quantitative estimate of drug-likeness (QED) is 0.912. The van der Waals surface area contributed by atoms with Gasteiger partial charge in [-0.15, -0.1) is 0 Å². The Balaban J connectivity index is 1.79. The predicted molar refractivity (Wildman–Crippen MR) is 89.3 cm³/mol. The van der Waals surface area contributed by atoms with Crippen LogP contribution in [0.1, 0.15) is 41.4 Å². The molecule has 1 aromatic heterocycles. The van der Waals surface area contributed by atoms with Crippen molar-refractivity contribution in [3.05, 3.63) is 57.5 Å². The number of carbonyl (C=O) groups excluding carboxylic acids is 1. The molecule has 5 nitrogen and oxygen atoms in total. The fourth-order valence-corrected chi connectivity index (χ4v) is 2.84. The molecule has 0 saturated carbocycles. The Hall–Kier alpha value is -2.56. The molecule has 1 aromatic carbocycles. The highest BCUT2D eigenvalue weighted by Gasteiger charge is 2.17. The molecule has 0 atom stereocenters. The summed E-state index contributed by atoms with van der Waals surface area (Å²) in [5.41, 5.74) is 2.52. The number of rotatable bonds is 4. The van der Waals surface area contributed by atoms with E-state index in [0.29, 0.717) is 12.3 Å².